The molecule has 0 bridgehead atoms. The van der Waals surface area contributed by atoms with E-state index in [9.17, 15) is 10.1 Å². The summed E-state index contributed by atoms with van der Waals surface area (Å²) in [6, 6.07) is 2.90. The minimum absolute atomic E-state index is 0.0153. The van der Waals surface area contributed by atoms with Crippen LogP contribution in [-0.2, 0) is 0 Å². The number of nitrogens with two attached hydrogens (primary N) is 1. The van der Waals surface area contributed by atoms with Crippen molar-refractivity contribution in [1.82, 2.24) is 4.98 Å². The Morgan fingerprint density at radius 2 is 2.12 bits per heavy atom. The fraction of sp³-hybridized carbons (Fsp3) is 0.500. The van der Waals surface area contributed by atoms with Gasteiger partial charge >= 0.3 is 5.69 Å². The highest BCUT2D eigenvalue weighted by Gasteiger charge is 2.20. The molecule has 1 atom stereocenters. The maximum atomic E-state index is 10.9. The van der Waals surface area contributed by atoms with E-state index >= 15 is 0 Å². The molecule has 0 aliphatic carbocycles. The Morgan fingerprint density at radius 3 is 2.59 bits per heavy atom. The number of hydrazine groups is 1. The lowest BCUT2D eigenvalue weighted by Crippen LogP contribution is -2.11. The van der Waals surface area contributed by atoms with Gasteiger partial charge in [-0.1, -0.05) is 32.5 Å². The zero-order valence-corrected chi connectivity index (χ0v) is 10.8. The predicted molar refractivity (Wildman–Crippen MR) is 68.9 cm³/mol. The molecule has 0 fully saturated rings. The average Bonchev–Trinajstić information content (AvgIpc) is 2.28. The Kier molecular flexibility index (Phi) is 4.71. The summed E-state index contributed by atoms with van der Waals surface area (Å²) in [5.41, 5.74) is 2.40. The highest BCUT2D eigenvalue weighted by atomic mass is 32.2. The van der Waals surface area contributed by atoms with Crippen LogP contribution < -0.4 is 11.3 Å². The van der Waals surface area contributed by atoms with Crippen molar-refractivity contribution in [3.05, 3.63) is 22.2 Å². The van der Waals surface area contributed by atoms with Crippen LogP contribution in [0.2, 0.25) is 0 Å². The van der Waals surface area contributed by atoms with Gasteiger partial charge in [0.25, 0.3) is 0 Å². The van der Waals surface area contributed by atoms with Crippen LogP contribution in [0.1, 0.15) is 20.8 Å². The topological polar surface area (TPSA) is 94.1 Å². The van der Waals surface area contributed by atoms with E-state index in [0.29, 0.717) is 16.8 Å². The Morgan fingerprint density at radius 1 is 1.47 bits per heavy atom. The summed E-state index contributed by atoms with van der Waals surface area (Å²) in [7, 11) is 0. The number of nitrogens with one attached hydrogen (secondary N) is 1. The Balaban J connectivity index is 3.05. The monoisotopic (exact) mass is 256 g/mol. The Labute approximate surface area is 104 Å². The molecule has 17 heavy (non-hydrogen) atoms. The fourth-order valence-corrected chi connectivity index (χ4v) is 2.09. The van der Waals surface area contributed by atoms with Crippen molar-refractivity contribution in [2.24, 2.45) is 11.8 Å². The summed E-state index contributed by atoms with van der Waals surface area (Å²) in [6.07, 6.45) is 0. The maximum Gasteiger partial charge on any atom is 0.301 e. The molecule has 1 heterocycles. The molecule has 1 aromatic rings. The largest absolute Gasteiger partial charge is 0.308 e. The van der Waals surface area contributed by atoms with Gasteiger partial charge in [0.15, 0.2) is 5.03 Å². The number of rotatable bonds is 5. The first-order valence-corrected chi connectivity index (χ1v) is 6.12. The average molecular weight is 256 g/mol. The van der Waals surface area contributed by atoms with Crippen LogP contribution >= 0.6 is 11.8 Å². The number of hydrogen-bond donors (Lipinski definition) is 2. The fourth-order valence-electron chi connectivity index (χ4n) is 1.05. The molecule has 7 heteroatoms. The first-order valence-electron chi connectivity index (χ1n) is 5.24. The molecule has 1 aromatic heterocycles. The normalized spacial score (nSPS) is 12.5. The lowest BCUT2D eigenvalue weighted by Gasteiger charge is -2.14. The first kappa shape index (κ1) is 13.7. The zero-order valence-electron chi connectivity index (χ0n) is 10.0. The number of pyridine rings is 1. The quantitative estimate of drug-likeness (QED) is 0.363. The number of nitrogen functional groups attached to an aromatic ring is 1. The third-order valence-corrected chi connectivity index (χ3v) is 3.86. The zero-order chi connectivity index (χ0) is 13.0. The van der Waals surface area contributed by atoms with E-state index in [2.05, 4.69) is 24.3 Å². The number of thioether (sulfide) groups is 1. The van der Waals surface area contributed by atoms with E-state index in [-0.39, 0.29) is 10.9 Å². The van der Waals surface area contributed by atoms with Crippen LogP contribution in [0.5, 0.6) is 0 Å². The molecule has 0 aliphatic heterocycles. The van der Waals surface area contributed by atoms with Gasteiger partial charge in [0.1, 0.15) is 5.82 Å². The van der Waals surface area contributed by atoms with E-state index in [1.54, 1.807) is 0 Å². The van der Waals surface area contributed by atoms with Gasteiger partial charge in [-0.15, -0.1) is 0 Å². The minimum atomic E-state index is -0.428. The third-order valence-electron chi connectivity index (χ3n) is 2.42. The molecule has 0 aromatic carbocycles. The molecular weight excluding hydrogens is 240 g/mol. The molecule has 6 nitrogen and oxygen atoms in total. The second-order valence-corrected chi connectivity index (χ2v) is 5.36. The van der Waals surface area contributed by atoms with E-state index < -0.39 is 4.92 Å². The molecule has 0 radical (unpaired) electrons. The molecule has 0 aliphatic rings. The lowest BCUT2D eigenvalue weighted by atomic mass is 10.2. The molecule has 1 unspecified atom stereocenters. The standard InChI is InChI=1S/C10H16N4O2S/c1-6(2)7(3)17-10-8(14(15)16)4-5-9(12-10)13-11/h4-7H,11H2,1-3H3,(H,12,13). The van der Waals surface area contributed by atoms with Gasteiger partial charge in [-0.05, 0) is 12.0 Å². The summed E-state index contributed by atoms with van der Waals surface area (Å²) in [5, 5.41) is 11.5. The van der Waals surface area contributed by atoms with Crippen LogP contribution in [0.3, 0.4) is 0 Å². The van der Waals surface area contributed by atoms with Gasteiger partial charge in [-0.3, -0.25) is 10.1 Å². The summed E-state index contributed by atoms with van der Waals surface area (Å²) in [4.78, 5) is 14.6. The molecule has 0 spiro atoms. The predicted octanol–water partition coefficient (Wildman–Crippen LogP) is 2.41. The van der Waals surface area contributed by atoms with Gasteiger partial charge in [0, 0.05) is 11.3 Å². The highest BCUT2D eigenvalue weighted by Crippen LogP contribution is 2.33. The van der Waals surface area contributed by atoms with Crippen LogP contribution in [0, 0.1) is 16.0 Å². The summed E-state index contributed by atoms with van der Waals surface area (Å²) < 4.78 is 0. The number of aromatic nitrogens is 1. The Hall–Kier alpha value is -1.34. The number of hydrogen-bond acceptors (Lipinski definition) is 6. The lowest BCUT2D eigenvalue weighted by molar-refractivity contribution is -0.388. The number of anilines is 1. The second kappa shape index (κ2) is 5.83. The molecule has 94 valence electrons. The van der Waals surface area contributed by atoms with Crippen molar-refractivity contribution < 1.29 is 4.92 Å². The molecule has 0 saturated heterocycles. The Bertz CT molecular complexity index is 411. The number of nitrogens with zero attached hydrogens (tertiary/aromatic N) is 2. The van der Waals surface area contributed by atoms with E-state index in [0.717, 1.165) is 0 Å². The van der Waals surface area contributed by atoms with Crippen molar-refractivity contribution in [1.29, 1.82) is 0 Å². The molecule has 0 amide bonds. The van der Waals surface area contributed by atoms with E-state index in [1.807, 2.05) is 6.92 Å². The second-order valence-electron chi connectivity index (χ2n) is 3.99. The van der Waals surface area contributed by atoms with Crippen molar-refractivity contribution >= 4 is 23.3 Å². The van der Waals surface area contributed by atoms with Gasteiger partial charge in [0.05, 0.1) is 4.92 Å². The van der Waals surface area contributed by atoms with Gasteiger partial charge < -0.3 is 5.43 Å². The number of nitro groups is 1. The maximum absolute atomic E-state index is 10.9. The smallest absolute Gasteiger partial charge is 0.301 e. The van der Waals surface area contributed by atoms with Crippen molar-refractivity contribution in [2.75, 3.05) is 5.43 Å². The summed E-state index contributed by atoms with van der Waals surface area (Å²) in [6.45, 7) is 6.15. The van der Waals surface area contributed by atoms with Crippen LogP contribution in [0.4, 0.5) is 11.5 Å². The summed E-state index contributed by atoms with van der Waals surface area (Å²) >= 11 is 1.39. The SMILES string of the molecule is CC(C)C(C)Sc1nc(NN)ccc1[N+](=O)[O-]. The van der Waals surface area contributed by atoms with Gasteiger partial charge in [-0.2, -0.15) is 0 Å². The molecule has 0 saturated carbocycles. The van der Waals surface area contributed by atoms with Crippen molar-refractivity contribution in [3.8, 4) is 0 Å². The first-order chi connectivity index (χ1) is 7.95. The molecular formula is C10H16N4O2S. The van der Waals surface area contributed by atoms with E-state index in [1.165, 1.54) is 23.9 Å². The van der Waals surface area contributed by atoms with Gasteiger partial charge in [-0.25, -0.2) is 10.8 Å². The minimum Gasteiger partial charge on any atom is -0.308 e. The van der Waals surface area contributed by atoms with Crippen molar-refractivity contribution in [2.45, 2.75) is 31.0 Å². The van der Waals surface area contributed by atoms with Crippen LogP contribution in [0.15, 0.2) is 17.2 Å². The van der Waals surface area contributed by atoms with Crippen molar-refractivity contribution in [3.63, 3.8) is 0 Å². The summed E-state index contributed by atoms with van der Waals surface area (Å²) in [5.74, 6) is 6.08. The molecule has 1 rings (SSSR count). The highest BCUT2D eigenvalue weighted by molar-refractivity contribution is 8.00. The molecule has 3 N–H and O–H groups in total. The van der Waals surface area contributed by atoms with Gasteiger partial charge in [0.2, 0.25) is 0 Å². The van der Waals surface area contributed by atoms with E-state index in [4.69, 9.17) is 5.84 Å². The van der Waals surface area contributed by atoms with Crippen LogP contribution in [0.25, 0.3) is 0 Å². The third kappa shape index (κ3) is 3.57. The van der Waals surface area contributed by atoms with Crippen LogP contribution in [-0.4, -0.2) is 15.2 Å².